The van der Waals surface area contributed by atoms with Gasteiger partial charge < -0.3 is 14.8 Å². The number of fused-ring (bicyclic) bond motifs is 2. The molecule has 1 fully saturated rings. The van der Waals surface area contributed by atoms with E-state index < -0.39 is 0 Å². The maximum atomic E-state index is 13.1. The molecule has 6 rings (SSSR count). The zero-order valence-corrected chi connectivity index (χ0v) is 18.6. The summed E-state index contributed by atoms with van der Waals surface area (Å²) in [7, 11) is 0. The van der Waals surface area contributed by atoms with E-state index in [1.165, 1.54) is 18.5 Å². The van der Waals surface area contributed by atoms with E-state index in [2.05, 4.69) is 25.9 Å². The maximum Gasteiger partial charge on any atom is 0.272 e. The van der Waals surface area contributed by atoms with E-state index in [1.54, 1.807) is 17.5 Å². The molecule has 0 atom stereocenters. The van der Waals surface area contributed by atoms with Gasteiger partial charge in [0, 0.05) is 61.0 Å². The summed E-state index contributed by atoms with van der Waals surface area (Å²) in [4.78, 5) is 19.7. The summed E-state index contributed by atoms with van der Waals surface area (Å²) in [6.45, 7) is 3.99. The fraction of sp³-hybridized carbons (Fsp3) is 0.435. The minimum atomic E-state index is -0.120. The quantitative estimate of drug-likeness (QED) is 0.595. The highest BCUT2D eigenvalue weighted by Crippen LogP contribution is 2.37. The lowest BCUT2D eigenvalue weighted by molar-refractivity contribution is 0.0942. The molecule has 1 amide bonds. The normalized spacial score (nSPS) is 17.4. The van der Waals surface area contributed by atoms with Crippen LogP contribution in [0.15, 0.2) is 29.8 Å². The maximum absolute atomic E-state index is 13.1. The number of hydrogen-bond acceptors (Lipinski definition) is 7. The summed E-state index contributed by atoms with van der Waals surface area (Å²) in [5.74, 6) is 2.22. The molecular weight excluding hydrogens is 426 g/mol. The molecule has 0 bridgehead atoms. The molecule has 2 aromatic heterocycles. The largest absolute Gasteiger partial charge is 0.454 e. The summed E-state index contributed by atoms with van der Waals surface area (Å²) >= 11 is 1.54. The van der Waals surface area contributed by atoms with Crippen molar-refractivity contribution in [3.05, 3.63) is 57.3 Å². The Morgan fingerprint density at radius 2 is 2.22 bits per heavy atom. The molecule has 32 heavy (non-hydrogen) atoms. The van der Waals surface area contributed by atoms with Gasteiger partial charge in [0.1, 0.15) is 5.01 Å². The van der Waals surface area contributed by atoms with Crippen LogP contribution in [0.25, 0.3) is 0 Å². The van der Waals surface area contributed by atoms with Gasteiger partial charge in [-0.15, -0.1) is 11.3 Å². The number of benzene rings is 1. The lowest BCUT2D eigenvalue weighted by Gasteiger charge is -2.28. The second-order valence-electron chi connectivity index (χ2n) is 8.62. The van der Waals surface area contributed by atoms with Crippen molar-refractivity contribution in [1.29, 1.82) is 0 Å². The SMILES string of the molecule is O=C(NCc1nccs1)c1nn(CC2CC2)c2c1CN(Cc1cccc3c1OCO3)CC2. The molecule has 1 aliphatic carbocycles. The second kappa shape index (κ2) is 8.22. The third kappa shape index (κ3) is 3.86. The zero-order valence-electron chi connectivity index (χ0n) is 17.7. The number of carbonyl (C=O) groups is 1. The molecular formula is C23H25N5O3S. The van der Waals surface area contributed by atoms with Gasteiger partial charge in [-0.1, -0.05) is 12.1 Å². The van der Waals surface area contributed by atoms with Crippen LogP contribution >= 0.6 is 11.3 Å². The number of nitrogens with one attached hydrogen (secondary N) is 1. The number of carbonyl (C=O) groups excluding carboxylic acids is 1. The highest BCUT2D eigenvalue weighted by atomic mass is 32.1. The van der Waals surface area contributed by atoms with Crippen LogP contribution in [-0.4, -0.2) is 38.9 Å². The molecule has 4 heterocycles. The Labute approximate surface area is 190 Å². The molecule has 1 aromatic carbocycles. The summed E-state index contributed by atoms with van der Waals surface area (Å²) in [6, 6.07) is 6.03. The van der Waals surface area contributed by atoms with Crippen LogP contribution in [0.4, 0.5) is 0 Å². The number of nitrogens with zero attached hydrogens (tertiary/aromatic N) is 4. The van der Waals surface area contributed by atoms with Gasteiger partial charge >= 0.3 is 0 Å². The molecule has 8 nitrogen and oxygen atoms in total. The molecule has 3 aliphatic rings. The lowest BCUT2D eigenvalue weighted by atomic mass is 10.0. The Balaban J connectivity index is 1.23. The number of ether oxygens (including phenoxy) is 2. The smallest absolute Gasteiger partial charge is 0.272 e. The average molecular weight is 452 g/mol. The third-order valence-electron chi connectivity index (χ3n) is 6.31. The molecule has 166 valence electrons. The Morgan fingerprint density at radius 1 is 1.28 bits per heavy atom. The Kier molecular flexibility index (Phi) is 5.07. The van der Waals surface area contributed by atoms with E-state index in [4.69, 9.17) is 14.6 Å². The molecule has 2 aliphatic heterocycles. The Bertz CT molecular complexity index is 1140. The van der Waals surface area contributed by atoms with Crippen LogP contribution in [0.2, 0.25) is 0 Å². The van der Waals surface area contributed by atoms with Crippen LogP contribution in [0, 0.1) is 5.92 Å². The highest BCUT2D eigenvalue weighted by Gasteiger charge is 2.31. The first kappa shape index (κ1) is 19.8. The molecule has 1 saturated carbocycles. The fourth-order valence-electron chi connectivity index (χ4n) is 4.50. The first-order chi connectivity index (χ1) is 15.7. The number of para-hydroxylation sites is 1. The van der Waals surface area contributed by atoms with Crippen LogP contribution in [0.3, 0.4) is 0 Å². The van der Waals surface area contributed by atoms with Crippen LogP contribution in [0.5, 0.6) is 11.5 Å². The van der Waals surface area contributed by atoms with Crippen molar-refractivity contribution in [3.8, 4) is 11.5 Å². The zero-order chi connectivity index (χ0) is 21.5. The van der Waals surface area contributed by atoms with Crippen molar-refractivity contribution in [2.24, 2.45) is 5.92 Å². The van der Waals surface area contributed by atoms with Gasteiger partial charge in [-0.25, -0.2) is 4.98 Å². The van der Waals surface area contributed by atoms with Crippen molar-refractivity contribution in [2.45, 2.75) is 45.4 Å². The van der Waals surface area contributed by atoms with E-state index >= 15 is 0 Å². The van der Waals surface area contributed by atoms with Gasteiger partial charge in [-0.3, -0.25) is 14.4 Å². The minimum Gasteiger partial charge on any atom is -0.454 e. The molecule has 9 heteroatoms. The van der Waals surface area contributed by atoms with E-state index in [9.17, 15) is 4.79 Å². The lowest BCUT2D eigenvalue weighted by Crippen LogP contribution is -2.32. The molecule has 0 spiro atoms. The van der Waals surface area contributed by atoms with Gasteiger partial charge in [0.2, 0.25) is 6.79 Å². The minimum absolute atomic E-state index is 0.120. The number of aromatic nitrogens is 3. The van der Waals surface area contributed by atoms with Gasteiger partial charge in [-0.05, 0) is 24.8 Å². The fourth-order valence-corrected chi connectivity index (χ4v) is 5.05. The summed E-state index contributed by atoms with van der Waals surface area (Å²) in [5, 5.41) is 10.6. The predicted molar refractivity (Wildman–Crippen MR) is 119 cm³/mol. The third-order valence-corrected chi connectivity index (χ3v) is 7.09. The Hall–Kier alpha value is -2.91. The van der Waals surface area contributed by atoms with Gasteiger partial charge in [0.25, 0.3) is 5.91 Å². The van der Waals surface area contributed by atoms with Crippen LogP contribution in [-0.2, 0) is 32.6 Å². The standard InChI is InChI=1S/C23H25N5O3S/c29-23(25-10-20-24-7-9-32-20)21-17-13-27(8-6-18(17)28(26-21)11-15-4-5-15)12-16-2-1-3-19-22(16)31-14-30-19/h1-3,7,9,15H,4-6,8,10-14H2,(H,25,29). The summed E-state index contributed by atoms with van der Waals surface area (Å²) < 4.78 is 13.3. The summed E-state index contributed by atoms with van der Waals surface area (Å²) in [5.41, 5.74) is 3.94. The van der Waals surface area contributed by atoms with E-state index in [-0.39, 0.29) is 12.7 Å². The topological polar surface area (TPSA) is 81.5 Å². The van der Waals surface area contributed by atoms with E-state index in [0.717, 1.165) is 53.7 Å². The average Bonchev–Trinajstić information content (AvgIpc) is 3.20. The molecule has 0 unspecified atom stereocenters. The number of hydrogen-bond donors (Lipinski definition) is 1. The van der Waals surface area contributed by atoms with Crippen LogP contribution < -0.4 is 14.8 Å². The number of rotatable bonds is 7. The molecule has 3 aromatic rings. The number of amides is 1. The van der Waals surface area contributed by atoms with Crippen molar-refractivity contribution in [1.82, 2.24) is 25.0 Å². The first-order valence-corrected chi connectivity index (χ1v) is 12.0. The second-order valence-corrected chi connectivity index (χ2v) is 9.60. The molecule has 1 N–H and O–H groups in total. The Morgan fingerprint density at radius 3 is 3.06 bits per heavy atom. The number of thiazole rings is 1. The van der Waals surface area contributed by atoms with Crippen molar-refractivity contribution in [2.75, 3.05) is 13.3 Å². The first-order valence-electron chi connectivity index (χ1n) is 11.1. The van der Waals surface area contributed by atoms with Crippen molar-refractivity contribution < 1.29 is 14.3 Å². The monoisotopic (exact) mass is 451 g/mol. The molecule has 0 radical (unpaired) electrons. The summed E-state index contributed by atoms with van der Waals surface area (Å²) in [6.07, 6.45) is 5.16. The van der Waals surface area contributed by atoms with E-state index in [0.29, 0.717) is 24.7 Å². The van der Waals surface area contributed by atoms with Crippen molar-refractivity contribution >= 4 is 17.2 Å². The van der Waals surface area contributed by atoms with Gasteiger partial charge in [0.15, 0.2) is 17.2 Å². The molecule has 0 saturated heterocycles. The van der Waals surface area contributed by atoms with Gasteiger partial charge in [0.05, 0.1) is 6.54 Å². The van der Waals surface area contributed by atoms with Gasteiger partial charge in [-0.2, -0.15) is 5.10 Å². The highest BCUT2D eigenvalue weighted by molar-refractivity contribution is 7.09. The van der Waals surface area contributed by atoms with E-state index in [1.807, 2.05) is 17.5 Å². The van der Waals surface area contributed by atoms with Crippen LogP contribution in [0.1, 0.15) is 45.2 Å². The van der Waals surface area contributed by atoms with Crippen molar-refractivity contribution in [3.63, 3.8) is 0 Å². The predicted octanol–water partition coefficient (Wildman–Crippen LogP) is 2.97.